The van der Waals surface area contributed by atoms with E-state index in [1.54, 1.807) is 6.20 Å². The van der Waals surface area contributed by atoms with Crippen LogP contribution in [0.5, 0.6) is 0 Å². The Morgan fingerprint density at radius 2 is 2.11 bits per heavy atom. The molecule has 4 nitrogen and oxygen atoms in total. The molecule has 0 aromatic carbocycles. The van der Waals surface area contributed by atoms with Crippen LogP contribution in [0.2, 0.25) is 0 Å². The maximum Gasteiger partial charge on any atom is 0.131 e. The lowest BCUT2D eigenvalue weighted by atomic mass is 10.1. The van der Waals surface area contributed by atoms with Crippen LogP contribution in [0.3, 0.4) is 0 Å². The number of nitrogen functional groups attached to an aromatic ring is 1. The van der Waals surface area contributed by atoms with Gasteiger partial charge in [-0.05, 0) is 25.0 Å². The van der Waals surface area contributed by atoms with Gasteiger partial charge in [-0.3, -0.25) is 4.98 Å². The maximum atomic E-state index is 6.29. The number of aromatic nitrogens is 3. The van der Waals surface area contributed by atoms with Crippen molar-refractivity contribution in [3.05, 3.63) is 29.8 Å². The maximum absolute atomic E-state index is 6.29. The van der Waals surface area contributed by atoms with Crippen molar-refractivity contribution in [2.24, 2.45) is 0 Å². The summed E-state index contributed by atoms with van der Waals surface area (Å²) in [5.74, 6) is 1.82. The van der Waals surface area contributed by atoms with Crippen LogP contribution in [0, 0.1) is 6.92 Å². The van der Waals surface area contributed by atoms with Gasteiger partial charge in [0.1, 0.15) is 17.3 Å². The minimum absolute atomic E-state index is 0.765. The SMILES string of the molecule is CCCCn1c(CC)nc(-c2cnccc2C)c1N. The number of pyridine rings is 1. The van der Waals surface area contributed by atoms with Crippen LogP contribution in [-0.2, 0) is 13.0 Å². The molecule has 0 saturated carbocycles. The molecule has 0 aliphatic rings. The first-order chi connectivity index (χ1) is 9.19. The highest BCUT2D eigenvalue weighted by Crippen LogP contribution is 2.28. The van der Waals surface area contributed by atoms with Crippen LogP contribution in [0.1, 0.15) is 38.1 Å². The number of hydrogen-bond donors (Lipinski definition) is 1. The average molecular weight is 258 g/mol. The molecular weight excluding hydrogens is 236 g/mol. The molecule has 2 aromatic rings. The van der Waals surface area contributed by atoms with Crippen molar-refractivity contribution in [3.8, 4) is 11.3 Å². The van der Waals surface area contributed by atoms with Gasteiger partial charge in [0, 0.05) is 30.9 Å². The number of nitrogens with two attached hydrogens (primary N) is 1. The molecule has 0 unspecified atom stereocenters. The molecule has 2 heterocycles. The van der Waals surface area contributed by atoms with Gasteiger partial charge < -0.3 is 10.3 Å². The predicted molar refractivity (Wildman–Crippen MR) is 78.9 cm³/mol. The Bertz CT molecular complexity index is 557. The first-order valence-corrected chi connectivity index (χ1v) is 6.94. The highest BCUT2D eigenvalue weighted by Gasteiger charge is 2.16. The van der Waals surface area contributed by atoms with E-state index in [2.05, 4.69) is 30.3 Å². The number of unbranched alkanes of at least 4 members (excludes halogenated alkanes) is 1. The average Bonchev–Trinajstić information content (AvgIpc) is 2.73. The van der Waals surface area contributed by atoms with E-state index in [4.69, 9.17) is 10.7 Å². The number of rotatable bonds is 5. The second kappa shape index (κ2) is 5.87. The second-order valence-electron chi connectivity index (χ2n) is 4.81. The molecular formula is C15H22N4. The predicted octanol–water partition coefficient (Wildman–Crippen LogP) is 3.20. The van der Waals surface area contributed by atoms with Crippen LogP contribution >= 0.6 is 0 Å². The smallest absolute Gasteiger partial charge is 0.131 e. The molecule has 2 aromatic heterocycles. The number of imidazole rings is 1. The summed E-state index contributed by atoms with van der Waals surface area (Å²) in [7, 11) is 0. The van der Waals surface area contributed by atoms with E-state index in [-0.39, 0.29) is 0 Å². The minimum atomic E-state index is 0.765. The normalized spacial score (nSPS) is 10.9. The van der Waals surface area contributed by atoms with Crippen LogP contribution in [0.4, 0.5) is 5.82 Å². The highest BCUT2D eigenvalue weighted by molar-refractivity contribution is 5.72. The number of aryl methyl sites for hydroxylation is 2. The van der Waals surface area contributed by atoms with Gasteiger partial charge in [-0.25, -0.2) is 4.98 Å². The summed E-state index contributed by atoms with van der Waals surface area (Å²) in [6.45, 7) is 7.31. The molecule has 102 valence electrons. The zero-order valence-electron chi connectivity index (χ0n) is 12.0. The van der Waals surface area contributed by atoms with Crippen LogP contribution in [0.25, 0.3) is 11.3 Å². The Balaban J connectivity index is 2.48. The summed E-state index contributed by atoms with van der Waals surface area (Å²) < 4.78 is 2.14. The molecule has 0 fully saturated rings. The fourth-order valence-corrected chi connectivity index (χ4v) is 2.26. The van der Waals surface area contributed by atoms with Crippen molar-refractivity contribution in [1.29, 1.82) is 0 Å². The van der Waals surface area contributed by atoms with E-state index in [1.807, 2.05) is 12.3 Å². The van der Waals surface area contributed by atoms with Gasteiger partial charge in [-0.2, -0.15) is 0 Å². The highest BCUT2D eigenvalue weighted by atomic mass is 15.1. The lowest BCUT2D eigenvalue weighted by molar-refractivity contribution is 0.612. The van der Waals surface area contributed by atoms with Crippen LogP contribution < -0.4 is 5.73 Å². The van der Waals surface area contributed by atoms with E-state index in [0.29, 0.717) is 0 Å². The Labute approximate surface area is 114 Å². The molecule has 0 atom stereocenters. The monoisotopic (exact) mass is 258 g/mol. The molecule has 0 spiro atoms. The molecule has 4 heteroatoms. The first kappa shape index (κ1) is 13.6. The third-order valence-corrected chi connectivity index (χ3v) is 3.43. The molecule has 0 aliphatic heterocycles. The van der Waals surface area contributed by atoms with E-state index in [9.17, 15) is 0 Å². The van der Waals surface area contributed by atoms with Crippen molar-refractivity contribution in [2.75, 3.05) is 5.73 Å². The summed E-state index contributed by atoms with van der Waals surface area (Å²) in [6.07, 6.45) is 6.82. The molecule has 0 radical (unpaired) electrons. The molecule has 0 amide bonds. The van der Waals surface area contributed by atoms with Crippen molar-refractivity contribution in [3.63, 3.8) is 0 Å². The zero-order chi connectivity index (χ0) is 13.8. The molecule has 0 saturated heterocycles. The molecule has 0 aliphatic carbocycles. The standard InChI is InChI=1S/C15H22N4/c1-4-6-9-19-13(5-2)18-14(15(19)16)12-10-17-8-7-11(12)3/h7-8,10H,4-6,9,16H2,1-3H3. The second-order valence-corrected chi connectivity index (χ2v) is 4.81. The van der Waals surface area contributed by atoms with Crippen molar-refractivity contribution < 1.29 is 0 Å². The van der Waals surface area contributed by atoms with Crippen molar-refractivity contribution in [1.82, 2.24) is 14.5 Å². The Kier molecular flexibility index (Phi) is 4.20. The minimum Gasteiger partial charge on any atom is -0.383 e. The van der Waals surface area contributed by atoms with E-state index < -0.39 is 0 Å². The number of hydrogen-bond acceptors (Lipinski definition) is 3. The third kappa shape index (κ3) is 2.62. The Morgan fingerprint density at radius 3 is 2.74 bits per heavy atom. The number of anilines is 1. The van der Waals surface area contributed by atoms with E-state index >= 15 is 0 Å². The molecule has 2 rings (SSSR count). The van der Waals surface area contributed by atoms with Crippen molar-refractivity contribution in [2.45, 2.75) is 46.6 Å². The van der Waals surface area contributed by atoms with E-state index in [0.717, 1.165) is 54.3 Å². The summed E-state index contributed by atoms with van der Waals surface area (Å²) in [5, 5.41) is 0. The van der Waals surface area contributed by atoms with Crippen LogP contribution in [-0.4, -0.2) is 14.5 Å². The van der Waals surface area contributed by atoms with Gasteiger partial charge in [0.05, 0.1) is 0 Å². The summed E-state index contributed by atoms with van der Waals surface area (Å²) in [6, 6.07) is 1.99. The quantitative estimate of drug-likeness (QED) is 0.896. The number of nitrogens with zero attached hydrogens (tertiary/aromatic N) is 3. The largest absolute Gasteiger partial charge is 0.383 e. The fourth-order valence-electron chi connectivity index (χ4n) is 2.26. The zero-order valence-corrected chi connectivity index (χ0v) is 12.0. The Morgan fingerprint density at radius 1 is 1.32 bits per heavy atom. The lowest BCUT2D eigenvalue weighted by Crippen LogP contribution is -2.06. The first-order valence-electron chi connectivity index (χ1n) is 6.94. The van der Waals surface area contributed by atoms with Crippen LogP contribution in [0.15, 0.2) is 18.5 Å². The van der Waals surface area contributed by atoms with Gasteiger partial charge >= 0.3 is 0 Å². The third-order valence-electron chi connectivity index (χ3n) is 3.43. The van der Waals surface area contributed by atoms with Gasteiger partial charge in [0.15, 0.2) is 0 Å². The molecule has 2 N–H and O–H groups in total. The lowest BCUT2D eigenvalue weighted by Gasteiger charge is -2.08. The molecule has 0 bridgehead atoms. The van der Waals surface area contributed by atoms with Gasteiger partial charge in [0.25, 0.3) is 0 Å². The summed E-state index contributed by atoms with van der Waals surface area (Å²) >= 11 is 0. The van der Waals surface area contributed by atoms with Crippen molar-refractivity contribution >= 4 is 5.82 Å². The molecule has 19 heavy (non-hydrogen) atoms. The van der Waals surface area contributed by atoms with E-state index in [1.165, 1.54) is 0 Å². The summed E-state index contributed by atoms with van der Waals surface area (Å²) in [4.78, 5) is 8.90. The van der Waals surface area contributed by atoms with Gasteiger partial charge in [-0.15, -0.1) is 0 Å². The van der Waals surface area contributed by atoms with Gasteiger partial charge in [-0.1, -0.05) is 20.3 Å². The Hall–Kier alpha value is -1.84. The summed E-state index contributed by atoms with van der Waals surface area (Å²) in [5.41, 5.74) is 9.36. The topological polar surface area (TPSA) is 56.7 Å². The fraction of sp³-hybridized carbons (Fsp3) is 0.467. The van der Waals surface area contributed by atoms with Gasteiger partial charge in [0.2, 0.25) is 0 Å².